The molecule has 4 aromatic rings. The minimum absolute atomic E-state index is 0.0891. The molecule has 0 saturated heterocycles. The molecule has 0 aliphatic carbocycles. The van der Waals surface area contributed by atoms with Crippen LogP contribution < -0.4 is 5.32 Å². The molecule has 2 aromatic heterocycles. The Morgan fingerprint density at radius 1 is 1.10 bits per heavy atom. The summed E-state index contributed by atoms with van der Waals surface area (Å²) < 4.78 is 5.75. The first-order chi connectivity index (χ1) is 13.9. The van der Waals surface area contributed by atoms with E-state index in [0.29, 0.717) is 28.4 Å². The zero-order valence-electron chi connectivity index (χ0n) is 15.7. The molecular weight excluding hydrogens is 372 g/mol. The fourth-order valence-corrected chi connectivity index (χ4v) is 3.02. The number of aryl methyl sites for hydroxylation is 2. The van der Waals surface area contributed by atoms with Gasteiger partial charge in [-0.1, -0.05) is 6.07 Å². The van der Waals surface area contributed by atoms with Gasteiger partial charge in [-0.2, -0.15) is 4.98 Å². The number of pyridine rings is 1. The molecule has 8 nitrogen and oxygen atoms in total. The molecule has 1 amide bonds. The highest BCUT2D eigenvalue weighted by atomic mass is 16.6. The van der Waals surface area contributed by atoms with Crippen molar-refractivity contribution in [3.8, 4) is 11.5 Å². The first kappa shape index (κ1) is 18.3. The predicted molar refractivity (Wildman–Crippen MR) is 108 cm³/mol. The molecule has 0 saturated carbocycles. The van der Waals surface area contributed by atoms with Crippen LogP contribution in [0.4, 0.5) is 11.4 Å². The maximum absolute atomic E-state index is 12.5. The van der Waals surface area contributed by atoms with Crippen LogP contribution in [-0.2, 0) is 0 Å². The van der Waals surface area contributed by atoms with Gasteiger partial charge >= 0.3 is 0 Å². The number of rotatable bonds is 4. The third-order valence-corrected chi connectivity index (χ3v) is 4.55. The van der Waals surface area contributed by atoms with Gasteiger partial charge in [-0.15, -0.1) is 0 Å². The molecule has 29 heavy (non-hydrogen) atoms. The largest absolute Gasteiger partial charge is 0.434 e. The highest BCUT2D eigenvalue weighted by Crippen LogP contribution is 2.28. The second kappa shape index (κ2) is 7.16. The van der Waals surface area contributed by atoms with E-state index in [2.05, 4.69) is 15.3 Å². The van der Waals surface area contributed by atoms with Crippen LogP contribution in [0.5, 0.6) is 0 Å². The Morgan fingerprint density at radius 3 is 2.66 bits per heavy atom. The summed E-state index contributed by atoms with van der Waals surface area (Å²) in [6.07, 6.45) is 1.65. The van der Waals surface area contributed by atoms with Crippen molar-refractivity contribution in [2.24, 2.45) is 0 Å². The molecule has 4 rings (SSSR count). The van der Waals surface area contributed by atoms with Crippen LogP contribution in [-0.4, -0.2) is 20.8 Å². The molecule has 0 aliphatic rings. The molecule has 0 aliphatic heterocycles. The van der Waals surface area contributed by atoms with Crippen LogP contribution in [0.15, 0.2) is 59.1 Å². The number of amides is 1. The maximum Gasteiger partial charge on any atom is 0.273 e. The van der Waals surface area contributed by atoms with Gasteiger partial charge in [0.05, 0.1) is 4.92 Å². The van der Waals surface area contributed by atoms with Gasteiger partial charge in [-0.25, -0.2) is 4.98 Å². The van der Waals surface area contributed by atoms with E-state index in [-0.39, 0.29) is 11.3 Å². The zero-order chi connectivity index (χ0) is 20.5. The van der Waals surface area contributed by atoms with E-state index in [4.69, 9.17) is 4.42 Å². The SMILES string of the molecule is Cc1cc(NC(=O)c2ccc(C)c([N+](=O)[O-])c2)ccc1-c1nc2ncccc2o1. The van der Waals surface area contributed by atoms with E-state index < -0.39 is 10.8 Å². The Kier molecular flexibility index (Phi) is 4.52. The van der Waals surface area contributed by atoms with E-state index in [1.54, 1.807) is 55.6 Å². The van der Waals surface area contributed by atoms with Gasteiger partial charge in [0, 0.05) is 34.6 Å². The van der Waals surface area contributed by atoms with Gasteiger partial charge in [0.2, 0.25) is 5.89 Å². The lowest BCUT2D eigenvalue weighted by Gasteiger charge is -2.09. The topological polar surface area (TPSA) is 111 Å². The number of hydrogen-bond donors (Lipinski definition) is 1. The lowest BCUT2D eigenvalue weighted by molar-refractivity contribution is -0.385. The smallest absolute Gasteiger partial charge is 0.273 e. The van der Waals surface area contributed by atoms with Crippen molar-refractivity contribution in [1.29, 1.82) is 0 Å². The molecular formula is C21H16N4O4. The minimum atomic E-state index is -0.500. The van der Waals surface area contributed by atoms with Crippen LogP contribution >= 0.6 is 0 Å². The van der Waals surface area contributed by atoms with Crippen molar-refractivity contribution >= 4 is 28.5 Å². The number of oxazole rings is 1. The number of carbonyl (C=O) groups is 1. The molecule has 0 bridgehead atoms. The van der Waals surface area contributed by atoms with Crippen molar-refractivity contribution in [1.82, 2.24) is 9.97 Å². The summed E-state index contributed by atoms with van der Waals surface area (Å²) in [5.41, 5.74) is 3.95. The fraction of sp³-hybridized carbons (Fsp3) is 0.0952. The Labute approximate surface area is 165 Å². The average Bonchev–Trinajstić information content (AvgIpc) is 3.12. The van der Waals surface area contributed by atoms with E-state index in [0.717, 1.165) is 11.1 Å². The first-order valence-electron chi connectivity index (χ1n) is 8.81. The zero-order valence-corrected chi connectivity index (χ0v) is 15.7. The summed E-state index contributed by atoms with van der Waals surface area (Å²) in [6, 6.07) is 13.3. The Bertz CT molecular complexity index is 1230. The van der Waals surface area contributed by atoms with Crippen molar-refractivity contribution < 1.29 is 14.1 Å². The third-order valence-electron chi connectivity index (χ3n) is 4.55. The average molecular weight is 388 g/mol. The normalized spacial score (nSPS) is 10.8. The number of benzene rings is 2. The highest BCUT2D eigenvalue weighted by Gasteiger charge is 2.16. The summed E-state index contributed by atoms with van der Waals surface area (Å²) in [7, 11) is 0. The number of aromatic nitrogens is 2. The number of nitrogens with one attached hydrogen (secondary N) is 1. The van der Waals surface area contributed by atoms with Crippen LogP contribution in [0.3, 0.4) is 0 Å². The van der Waals surface area contributed by atoms with Gasteiger partial charge in [0.1, 0.15) is 0 Å². The molecule has 0 radical (unpaired) electrons. The van der Waals surface area contributed by atoms with Gasteiger partial charge < -0.3 is 9.73 Å². The molecule has 2 heterocycles. The number of fused-ring (bicyclic) bond motifs is 1. The molecule has 0 unspecified atom stereocenters. The van der Waals surface area contributed by atoms with E-state index in [1.165, 1.54) is 6.07 Å². The Hall–Kier alpha value is -4.07. The van der Waals surface area contributed by atoms with Crippen LogP contribution in [0.25, 0.3) is 22.7 Å². The lowest BCUT2D eigenvalue weighted by atomic mass is 10.1. The monoisotopic (exact) mass is 388 g/mol. The third kappa shape index (κ3) is 3.55. The summed E-state index contributed by atoms with van der Waals surface area (Å²) in [4.78, 5) is 31.7. The van der Waals surface area contributed by atoms with E-state index >= 15 is 0 Å². The van der Waals surface area contributed by atoms with Crippen molar-refractivity contribution in [3.63, 3.8) is 0 Å². The van der Waals surface area contributed by atoms with Crippen LogP contribution in [0, 0.1) is 24.0 Å². The number of hydrogen-bond acceptors (Lipinski definition) is 6. The van der Waals surface area contributed by atoms with E-state index in [1.807, 2.05) is 6.92 Å². The number of anilines is 1. The quantitative estimate of drug-likeness (QED) is 0.402. The van der Waals surface area contributed by atoms with Gasteiger partial charge in [0.15, 0.2) is 11.2 Å². The van der Waals surface area contributed by atoms with Crippen LogP contribution in [0.2, 0.25) is 0 Å². The molecule has 8 heteroatoms. The summed E-state index contributed by atoms with van der Waals surface area (Å²) >= 11 is 0. The predicted octanol–water partition coefficient (Wildman–Crippen LogP) is 4.67. The molecule has 0 fully saturated rings. The first-order valence-corrected chi connectivity index (χ1v) is 8.81. The highest BCUT2D eigenvalue weighted by molar-refractivity contribution is 6.04. The number of nitro groups is 1. The maximum atomic E-state index is 12.5. The van der Waals surface area contributed by atoms with Crippen molar-refractivity contribution in [2.45, 2.75) is 13.8 Å². The van der Waals surface area contributed by atoms with Gasteiger partial charge in [0.25, 0.3) is 11.6 Å². The molecule has 0 spiro atoms. The van der Waals surface area contributed by atoms with Crippen LogP contribution in [0.1, 0.15) is 21.5 Å². The summed E-state index contributed by atoms with van der Waals surface area (Å²) in [6.45, 7) is 3.51. The van der Waals surface area contributed by atoms with Crippen molar-refractivity contribution in [3.05, 3.63) is 81.5 Å². The summed E-state index contributed by atoms with van der Waals surface area (Å²) in [5, 5.41) is 13.9. The second-order valence-corrected chi connectivity index (χ2v) is 6.59. The Balaban J connectivity index is 1.59. The molecule has 2 aromatic carbocycles. The number of nitrogens with zero attached hydrogens (tertiary/aromatic N) is 3. The molecule has 1 N–H and O–H groups in total. The minimum Gasteiger partial charge on any atom is -0.434 e. The number of nitro benzene ring substituents is 1. The molecule has 0 atom stereocenters. The fourth-order valence-electron chi connectivity index (χ4n) is 3.02. The standard InChI is InChI=1S/C21H16N4O4/c1-12-5-6-14(11-17(12)25(27)28)20(26)23-15-7-8-16(13(2)10-15)21-24-19-18(29-21)4-3-9-22-19/h3-11H,1-2H3,(H,23,26). The summed E-state index contributed by atoms with van der Waals surface area (Å²) in [5.74, 6) is 0.0227. The van der Waals surface area contributed by atoms with E-state index in [9.17, 15) is 14.9 Å². The van der Waals surface area contributed by atoms with Crippen molar-refractivity contribution in [2.75, 3.05) is 5.32 Å². The lowest BCUT2D eigenvalue weighted by Crippen LogP contribution is -2.12. The van der Waals surface area contributed by atoms with Gasteiger partial charge in [-0.05, 0) is 55.8 Å². The second-order valence-electron chi connectivity index (χ2n) is 6.59. The Morgan fingerprint density at radius 2 is 1.93 bits per heavy atom. The number of carbonyl (C=O) groups excluding carboxylic acids is 1. The van der Waals surface area contributed by atoms with Gasteiger partial charge in [-0.3, -0.25) is 14.9 Å². The molecule has 144 valence electrons.